The number of carboxylic acids is 4. The summed E-state index contributed by atoms with van der Waals surface area (Å²) < 4.78 is 0. The molecule has 0 saturated heterocycles. The Labute approximate surface area is 196 Å². The Morgan fingerprint density at radius 3 is 1.12 bits per heavy atom. The molecule has 0 aromatic heterocycles. The highest BCUT2D eigenvalue weighted by atomic mass is 16.4. The first-order valence-electron chi connectivity index (χ1n) is 9.89. The van der Waals surface area contributed by atoms with Gasteiger partial charge in [-0.25, -0.2) is 0 Å². The quantitative estimate of drug-likeness (QED) is 0.0624. The van der Waals surface area contributed by atoms with E-state index >= 15 is 0 Å². The second-order valence-electron chi connectivity index (χ2n) is 6.66. The van der Waals surface area contributed by atoms with Crippen molar-refractivity contribution in [3.63, 3.8) is 0 Å². The van der Waals surface area contributed by atoms with Crippen LogP contribution in [0.25, 0.3) is 0 Å². The van der Waals surface area contributed by atoms with E-state index in [1.54, 1.807) is 0 Å². The molecule has 0 aliphatic rings. The van der Waals surface area contributed by atoms with Crippen LogP contribution in [0.2, 0.25) is 0 Å². The fraction of sp³-hybridized carbons (Fsp3) is 0.647. The van der Waals surface area contributed by atoms with Crippen LogP contribution >= 0.6 is 0 Å². The first-order valence-corrected chi connectivity index (χ1v) is 9.89. The van der Waals surface area contributed by atoms with E-state index in [0.717, 1.165) is 0 Å². The zero-order valence-corrected chi connectivity index (χ0v) is 18.7. The topological polar surface area (TPSA) is 356 Å². The van der Waals surface area contributed by atoms with Gasteiger partial charge in [-0.05, 0) is 32.1 Å². The molecule has 0 aromatic carbocycles. The maximum atomic E-state index is 10.2. The van der Waals surface area contributed by atoms with E-state index in [-0.39, 0.29) is 24.8 Å². The maximum absolute atomic E-state index is 10.2. The van der Waals surface area contributed by atoms with Crippen molar-refractivity contribution in [2.24, 2.45) is 50.1 Å². The van der Waals surface area contributed by atoms with Crippen LogP contribution in [0.5, 0.6) is 0 Å². The Kier molecular flexibility index (Phi) is 21.7. The summed E-state index contributed by atoms with van der Waals surface area (Å²) in [6.07, 6.45) is 1.69. The largest absolute Gasteiger partial charge is 0.481 e. The predicted octanol–water partition coefficient (Wildman–Crippen LogP) is -3.83. The van der Waals surface area contributed by atoms with E-state index < -0.39 is 42.0 Å². The number of rotatable bonds is 14. The molecule has 0 bridgehead atoms. The van der Waals surface area contributed by atoms with E-state index in [4.69, 9.17) is 60.6 Å². The number of guanidine groups is 2. The lowest BCUT2D eigenvalue weighted by molar-refractivity contribution is -0.141. The standard InChI is InChI=1S/2C6H14N4O2.C5H9NO4/c2*7-4(5(11)12)2-1-3-10-6(8)9;6-3(5(9)10)1-2-4(7)8/h2*4H,1-3,7H2,(H,11,12)(H4,8,9,10);3H,1-2,6H2,(H,7,8)(H,9,10)/t2*4-;3-/m100/s1. The third-order valence-corrected chi connectivity index (χ3v) is 3.56. The summed E-state index contributed by atoms with van der Waals surface area (Å²) in [5.74, 6) is -4.17. The number of aliphatic imine (C=N–C) groups is 2. The third kappa shape index (κ3) is 28.3. The summed E-state index contributed by atoms with van der Waals surface area (Å²) >= 11 is 0. The van der Waals surface area contributed by atoms with E-state index in [0.29, 0.717) is 38.8 Å². The van der Waals surface area contributed by atoms with Crippen molar-refractivity contribution in [2.45, 2.75) is 56.7 Å². The van der Waals surface area contributed by atoms with Gasteiger partial charge < -0.3 is 60.6 Å². The van der Waals surface area contributed by atoms with E-state index in [1.165, 1.54) is 0 Å². The summed E-state index contributed by atoms with van der Waals surface area (Å²) in [4.78, 5) is 47.7. The molecule has 198 valence electrons. The van der Waals surface area contributed by atoms with Crippen molar-refractivity contribution in [3.8, 4) is 0 Å². The van der Waals surface area contributed by atoms with Crippen LogP contribution < -0.4 is 40.1 Å². The number of aliphatic carboxylic acids is 4. The molecule has 18 N–H and O–H groups in total. The molecule has 0 aliphatic heterocycles. The maximum Gasteiger partial charge on any atom is 0.320 e. The van der Waals surface area contributed by atoms with Crippen molar-refractivity contribution in [2.75, 3.05) is 13.1 Å². The minimum atomic E-state index is -1.17. The summed E-state index contributed by atoms with van der Waals surface area (Å²) in [6, 6.07) is -2.70. The first kappa shape index (κ1) is 34.9. The smallest absolute Gasteiger partial charge is 0.320 e. The fourth-order valence-corrected chi connectivity index (χ4v) is 1.69. The van der Waals surface area contributed by atoms with Gasteiger partial charge >= 0.3 is 23.9 Å². The molecule has 0 heterocycles. The van der Waals surface area contributed by atoms with Gasteiger partial charge in [-0.3, -0.25) is 29.2 Å². The summed E-state index contributed by atoms with van der Waals surface area (Å²) in [6.45, 7) is 0.840. The van der Waals surface area contributed by atoms with E-state index in [9.17, 15) is 19.2 Å². The van der Waals surface area contributed by atoms with Crippen LogP contribution in [-0.2, 0) is 19.2 Å². The van der Waals surface area contributed by atoms with Gasteiger partial charge in [0.15, 0.2) is 11.9 Å². The molecule has 0 aromatic rings. The number of hydrogen-bond acceptors (Lipinski definition) is 9. The van der Waals surface area contributed by atoms with Gasteiger partial charge in [0, 0.05) is 19.5 Å². The average molecular weight is 496 g/mol. The van der Waals surface area contributed by atoms with E-state index in [2.05, 4.69) is 9.98 Å². The zero-order valence-electron chi connectivity index (χ0n) is 18.7. The molecule has 0 spiro atoms. The molecule has 34 heavy (non-hydrogen) atoms. The minimum Gasteiger partial charge on any atom is -0.481 e. The summed E-state index contributed by atoms with van der Waals surface area (Å²) in [7, 11) is 0. The number of carbonyl (C=O) groups is 4. The van der Waals surface area contributed by atoms with Gasteiger partial charge in [0.1, 0.15) is 18.1 Å². The Morgan fingerprint density at radius 1 is 0.588 bits per heavy atom. The fourth-order valence-electron chi connectivity index (χ4n) is 1.69. The van der Waals surface area contributed by atoms with Gasteiger partial charge in [-0.1, -0.05) is 0 Å². The first-order chi connectivity index (χ1) is 15.6. The average Bonchev–Trinajstić information content (AvgIpc) is 2.72. The zero-order chi connectivity index (χ0) is 27.3. The summed E-state index contributed by atoms with van der Waals surface area (Å²) in [5.41, 5.74) is 35.6. The van der Waals surface area contributed by atoms with Crippen molar-refractivity contribution in [1.82, 2.24) is 0 Å². The molecule has 0 amide bonds. The van der Waals surface area contributed by atoms with Gasteiger partial charge in [-0.15, -0.1) is 0 Å². The van der Waals surface area contributed by atoms with Crippen molar-refractivity contribution in [1.29, 1.82) is 0 Å². The third-order valence-electron chi connectivity index (χ3n) is 3.56. The van der Waals surface area contributed by atoms with Gasteiger partial charge in [0.2, 0.25) is 0 Å². The molecule has 0 aliphatic carbocycles. The van der Waals surface area contributed by atoms with Crippen LogP contribution in [0.4, 0.5) is 0 Å². The molecule has 3 atom stereocenters. The molecule has 0 fully saturated rings. The number of nitrogens with zero attached hydrogens (tertiary/aromatic N) is 2. The molecule has 17 heteroatoms. The Bertz CT molecular complexity index is 640. The number of nitrogens with two attached hydrogens (primary N) is 7. The number of carboxylic acid groups (broad SMARTS) is 4. The minimum absolute atomic E-state index is 0.0129. The van der Waals surface area contributed by atoms with Gasteiger partial charge in [0.05, 0.1) is 0 Å². The molecule has 17 nitrogen and oxygen atoms in total. The normalized spacial score (nSPS) is 12.2. The lowest BCUT2D eigenvalue weighted by Crippen LogP contribution is -2.30. The lowest BCUT2D eigenvalue weighted by atomic mass is 10.2. The van der Waals surface area contributed by atoms with Crippen LogP contribution in [-0.4, -0.2) is 87.4 Å². The van der Waals surface area contributed by atoms with Crippen LogP contribution in [0, 0.1) is 0 Å². The Hall–Kier alpha value is -3.70. The van der Waals surface area contributed by atoms with Crippen molar-refractivity contribution in [3.05, 3.63) is 0 Å². The molecule has 0 rings (SSSR count). The van der Waals surface area contributed by atoms with Crippen LogP contribution in [0.3, 0.4) is 0 Å². The summed E-state index contributed by atoms with van der Waals surface area (Å²) in [5, 5.41) is 33.0. The van der Waals surface area contributed by atoms with Crippen LogP contribution in [0.15, 0.2) is 9.98 Å². The van der Waals surface area contributed by atoms with Gasteiger partial charge in [0.25, 0.3) is 0 Å². The second kappa shape index (κ2) is 21.2. The SMILES string of the molecule is NC(N)=NCCC[C@@H](N)C(=O)O.NC(N)=NCCC[C@H](N)C(=O)O.N[C@@H](CCC(=O)O)C(=O)O. The highest BCUT2D eigenvalue weighted by molar-refractivity contribution is 5.76. The monoisotopic (exact) mass is 495 g/mol. The van der Waals surface area contributed by atoms with Crippen LogP contribution in [0.1, 0.15) is 38.5 Å². The molecule has 0 radical (unpaired) electrons. The molecule has 0 saturated carbocycles. The van der Waals surface area contributed by atoms with Crippen molar-refractivity contribution < 1.29 is 39.6 Å². The number of hydrogen-bond donors (Lipinski definition) is 11. The predicted molar refractivity (Wildman–Crippen MR) is 124 cm³/mol. The molecular formula is C17H37N9O8. The Balaban J connectivity index is -0.000000426. The Morgan fingerprint density at radius 2 is 0.882 bits per heavy atom. The van der Waals surface area contributed by atoms with E-state index in [1.807, 2.05) is 0 Å². The lowest BCUT2D eigenvalue weighted by Gasteiger charge is -2.03. The molecule has 0 unspecified atom stereocenters. The molecular weight excluding hydrogens is 458 g/mol. The highest BCUT2D eigenvalue weighted by Crippen LogP contribution is 1.95. The highest BCUT2D eigenvalue weighted by Gasteiger charge is 2.12. The van der Waals surface area contributed by atoms with Crippen molar-refractivity contribution >= 4 is 35.8 Å². The van der Waals surface area contributed by atoms with Gasteiger partial charge in [-0.2, -0.15) is 0 Å². The second-order valence-corrected chi connectivity index (χ2v) is 6.66.